The number of anilines is 4. The van der Waals surface area contributed by atoms with Gasteiger partial charge in [0, 0.05) is 40.6 Å². The van der Waals surface area contributed by atoms with Crippen LogP contribution >= 0.6 is 0 Å². The number of hydrogen-bond acceptors (Lipinski definition) is 8. The highest BCUT2D eigenvalue weighted by Crippen LogP contribution is 2.35. The molecule has 0 aliphatic rings. The number of rotatable bonds is 7. The van der Waals surface area contributed by atoms with E-state index in [1.54, 1.807) is 42.2 Å². The van der Waals surface area contributed by atoms with Crippen molar-refractivity contribution in [2.75, 3.05) is 43.3 Å². The summed E-state index contributed by atoms with van der Waals surface area (Å²) < 4.78 is 27.7. The Bertz CT molecular complexity index is 1210. The van der Waals surface area contributed by atoms with E-state index in [2.05, 4.69) is 25.1 Å². The van der Waals surface area contributed by atoms with E-state index in [4.69, 9.17) is 11.1 Å². The summed E-state index contributed by atoms with van der Waals surface area (Å²) in [6, 6.07) is 6.61. The van der Waals surface area contributed by atoms with Crippen molar-refractivity contribution in [1.29, 1.82) is 5.41 Å². The van der Waals surface area contributed by atoms with E-state index in [1.165, 1.54) is 19.6 Å². The molecule has 3 rings (SSSR count). The van der Waals surface area contributed by atoms with Crippen LogP contribution in [0.2, 0.25) is 0 Å². The standard InChI is InChI=1S/C19H27N9O2S/c1-22-31(5,29,30)12-6-7-14(27(2)3)13(10-12)26-19-16(18(21)23-11-24-19)17(20)15-8-9-25-28(15)4/h6-11,20H,1-5H3,(H2,22,29,30)(H3,21,23,24,26). The van der Waals surface area contributed by atoms with Gasteiger partial charge >= 0.3 is 0 Å². The van der Waals surface area contributed by atoms with Crippen LogP contribution in [-0.2, 0) is 16.6 Å². The van der Waals surface area contributed by atoms with Gasteiger partial charge in [0.25, 0.3) is 0 Å². The third-order valence-electron chi connectivity index (χ3n) is 4.94. The highest BCUT2D eigenvalue weighted by molar-refractivity contribution is 8.12. The highest BCUT2D eigenvalue weighted by Gasteiger charge is 2.24. The maximum absolute atomic E-state index is 13.0. The van der Waals surface area contributed by atoms with Gasteiger partial charge in [0.05, 0.1) is 33.2 Å². The van der Waals surface area contributed by atoms with Gasteiger partial charge in [0.2, 0.25) is 0 Å². The Kier molecular flexibility index (Phi) is 5.56. The minimum absolute atomic E-state index is 0.0954. The fraction of sp³-hybridized carbons (Fsp3) is 0.263. The Labute approximate surface area is 180 Å². The minimum atomic E-state index is -4.23. The molecular weight excluding hydrogens is 418 g/mol. The van der Waals surface area contributed by atoms with Crippen LogP contribution in [0.15, 0.2) is 41.7 Å². The van der Waals surface area contributed by atoms with Crippen LogP contribution in [0.4, 0.5) is 23.0 Å². The molecule has 0 aliphatic heterocycles. The molecule has 0 aliphatic carbocycles. The van der Waals surface area contributed by atoms with Crippen LogP contribution in [0, 0.1) is 5.41 Å². The zero-order chi connectivity index (χ0) is 23.0. The molecule has 3 aromatic rings. The predicted molar refractivity (Wildman–Crippen MR) is 124 cm³/mol. The Morgan fingerprint density at radius 2 is 2.00 bits per heavy atom. The number of benzene rings is 1. The van der Waals surface area contributed by atoms with Crippen LogP contribution < -0.4 is 20.7 Å². The normalized spacial score (nSPS) is 12.8. The van der Waals surface area contributed by atoms with Crippen LogP contribution in [0.1, 0.15) is 11.3 Å². The number of hydrogen-bond donors (Lipinski definition) is 5. The molecule has 1 aromatic carbocycles. The number of nitrogens with two attached hydrogens (primary N) is 1. The van der Waals surface area contributed by atoms with Gasteiger partial charge in [-0.05, 0) is 24.3 Å². The van der Waals surface area contributed by atoms with E-state index in [0.29, 0.717) is 22.8 Å². The van der Waals surface area contributed by atoms with Crippen LogP contribution in [0.25, 0.3) is 0 Å². The summed E-state index contributed by atoms with van der Waals surface area (Å²) in [5.74, 6) is 0.419. The zero-order valence-electron chi connectivity index (χ0n) is 18.0. The molecule has 0 bridgehead atoms. The molecule has 6 N–H and O–H groups in total. The first-order valence-corrected chi connectivity index (χ1v) is 11.6. The summed E-state index contributed by atoms with van der Waals surface area (Å²) in [5.41, 5.74) is 8.30. The van der Waals surface area contributed by atoms with Crippen molar-refractivity contribution in [3.8, 4) is 0 Å². The van der Waals surface area contributed by atoms with Crippen molar-refractivity contribution < 1.29 is 8.76 Å². The fourth-order valence-electron chi connectivity index (χ4n) is 3.04. The predicted octanol–water partition coefficient (Wildman–Crippen LogP) is 1.43. The molecule has 0 amide bonds. The third kappa shape index (κ3) is 4.26. The number of nitrogens with one attached hydrogen (secondary N) is 3. The van der Waals surface area contributed by atoms with Gasteiger partial charge in [0.1, 0.15) is 18.0 Å². The lowest BCUT2D eigenvalue weighted by Crippen LogP contribution is -2.43. The molecule has 2 aromatic heterocycles. The summed E-state index contributed by atoms with van der Waals surface area (Å²) in [6.07, 6.45) is 4.13. The van der Waals surface area contributed by atoms with Crippen LogP contribution in [0.5, 0.6) is 0 Å². The van der Waals surface area contributed by atoms with Gasteiger partial charge in [-0.25, -0.2) is 14.7 Å². The van der Waals surface area contributed by atoms with E-state index < -0.39 is 9.53 Å². The topological polar surface area (TPSA) is 158 Å². The Morgan fingerprint density at radius 3 is 2.58 bits per heavy atom. The Balaban J connectivity index is 2.15. The van der Waals surface area contributed by atoms with Gasteiger partial charge in [0.15, 0.2) is 0 Å². The Morgan fingerprint density at radius 1 is 1.29 bits per heavy atom. The molecule has 12 heteroatoms. The molecule has 0 saturated carbocycles. The number of nitrogen functional groups attached to an aromatic ring is 1. The quantitative estimate of drug-likeness (QED) is 0.342. The number of aromatic nitrogens is 4. The molecule has 0 atom stereocenters. The third-order valence-corrected chi connectivity index (χ3v) is 7.27. The zero-order valence-corrected chi connectivity index (χ0v) is 18.9. The molecule has 0 fully saturated rings. The van der Waals surface area contributed by atoms with E-state index in [9.17, 15) is 8.76 Å². The maximum atomic E-state index is 13.0. The number of nitrogens with zero attached hydrogens (tertiary/aromatic N) is 5. The maximum Gasteiger partial charge on any atom is 0.145 e. The minimum Gasteiger partial charge on any atom is -0.383 e. The number of aryl methyl sites for hydroxylation is 1. The van der Waals surface area contributed by atoms with Gasteiger partial charge in [-0.1, -0.05) is 0 Å². The van der Waals surface area contributed by atoms with Gasteiger partial charge in [-0.3, -0.25) is 14.6 Å². The molecule has 2 heterocycles. The van der Waals surface area contributed by atoms with Crippen LogP contribution in [0.3, 0.4) is 0 Å². The largest absolute Gasteiger partial charge is 0.383 e. The molecule has 11 nitrogen and oxygen atoms in total. The van der Waals surface area contributed by atoms with Crippen molar-refractivity contribution >= 4 is 38.3 Å². The Hall–Kier alpha value is -3.35. The molecule has 0 spiro atoms. The SMILES string of the molecule is CNS(C)(=O)(O)c1ccc(N(C)C)c(Nc2ncnc(N)c2C(=N)c2ccnn2C)c1. The summed E-state index contributed by atoms with van der Waals surface area (Å²) in [6.45, 7) is 0. The molecular formula is C19H27N9O2S. The van der Waals surface area contributed by atoms with Crippen molar-refractivity contribution in [3.05, 3.63) is 48.0 Å². The van der Waals surface area contributed by atoms with E-state index in [-0.39, 0.29) is 16.4 Å². The van der Waals surface area contributed by atoms with Crippen molar-refractivity contribution in [2.45, 2.75) is 4.90 Å². The second kappa shape index (κ2) is 7.72. The first-order valence-electron chi connectivity index (χ1n) is 9.28. The molecule has 0 unspecified atom stereocenters. The lowest BCUT2D eigenvalue weighted by molar-refractivity contribution is 0.508. The average molecular weight is 446 g/mol. The summed E-state index contributed by atoms with van der Waals surface area (Å²) >= 11 is 0. The first-order chi connectivity index (χ1) is 14.4. The molecule has 31 heavy (non-hydrogen) atoms. The summed E-state index contributed by atoms with van der Waals surface area (Å²) in [4.78, 5) is 10.4. The van der Waals surface area contributed by atoms with Gasteiger partial charge in [-0.15, -0.1) is 9.53 Å². The highest BCUT2D eigenvalue weighted by atomic mass is 32.3. The summed E-state index contributed by atoms with van der Waals surface area (Å²) in [7, 11) is 2.63. The molecule has 166 valence electrons. The first kappa shape index (κ1) is 22.3. The lowest BCUT2D eigenvalue weighted by Gasteiger charge is -2.39. The molecule has 0 radical (unpaired) electrons. The lowest BCUT2D eigenvalue weighted by atomic mass is 10.1. The van der Waals surface area contributed by atoms with Crippen molar-refractivity contribution in [1.82, 2.24) is 24.5 Å². The van der Waals surface area contributed by atoms with E-state index >= 15 is 0 Å². The van der Waals surface area contributed by atoms with Gasteiger partial charge in [-0.2, -0.15) is 9.31 Å². The van der Waals surface area contributed by atoms with Crippen molar-refractivity contribution in [3.63, 3.8) is 0 Å². The van der Waals surface area contributed by atoms with Crippen molar-refractivity contribution in [2.24, 2.45) is 7.05 Å². The second-order valence-electron chi connectivity index (χ2n) is 7.38. The van der Waals surface area contributed by atoms with Crippen LogP contribution in [-0.4, -0.2) is 61.6 Å². The average Bonchev–Trinajstić information content (AvgIpc) is 3.13. The van der Waals surface area contributed by atoms with E-state index in [0.717, 1.165) is 5.69 Å². The molecule has 0 saturated heterocycles. The second-order valence-corrected chi connectivity index (χ2v) is 10.8. The summed E-state index contributed by atoms with van der Waals surface area (Å²) in [5, 5.41) is 15.9. The fourth-order valence-corrected chi connectivity index (χ4v) is 4.06. The van der Waals surface area contributed by atoms with Gasteiger partial charge < -0.3 is 16.0 Å². The van der Waals surface area contributed by atoms with E-state index in [1.807, 2.05) is 19.0 Å². The smallest absolute Gasteiger partial charge is 0.145 e. The monoisotopic (exact) mass is 445 g/mol.